The molecule has 3 unspecified atom stereocenters. The molecular weight excluding hydrogens is 372 g/mol. The molecule has 4 aliphatic carbocycles. The van der Waals surface area contributed by atoms with Crippen molar-refractivity contribution in [3.05, 3.63) is 0 Å². The van der Waals surface area contributed by atoms with Crippen LogP contribution in [-0.4, -0.2) is 28.2 Å². The first-order valence-electron chi connectivity index (χ1n) is 13.0. The topological polar surface area (TPSA) is 57.5 Å². The molecule has 0 aliphatic heterocycles. The summed E-state index contributed by atoms with van der Waals surface area (Å²) >= 11 is 0. The van der Waals surface area contributed by atoms with Gasteiger partial charge in [-0.15, -0.1) is 0 Å². The van der Waals surface area contributed by atoms with Crippen molar-refractivity contribution in [2.45, 2.75) is 111 Å². The molecule has 0 aromatic heterocycles. The Kier molecular flexibility index (Phi) is 6.21. The molecule has 172 valence electrons. The average Bonchev–Trinajstić information content (AvgIpc) is 3.05. The molecule has 0 heterocycles. The number of aliphatic hydroxyl groups excluding tert-OH is 2. The van der Waals surface area contributed by atoms with Crippen LogP contribution in [0.2, 0.25) is 0 Å². The molecule has 2 N–H and O–H groups in total. The Labute approximate surface area is 184 Å². The lowest BCUT2D eigenvalue weighted by atomic mass is 9.41. The third-order valence-corrected chi connectivity index (χ3v) is 11.1. The van der Waals surface area contributed by atoms with Crippen LogP contribution in [0.15, 0.2) is 0 Å². The highest BCUT2D eigenvalue weighted by Crippen LogP contribution is 2.69. The summed E-state index contributed by atoms with van der Waals surface area (Å²) < 4.78 is 0. The monoisotopic (exact) mass is 418 g/mol. The van der Waals surface area contributed by atoms with Crippen LogP contribution >= 0.6 is 0 Å². The number of aliphatic hydroxyl groups is 2. The van der Waals surface area contributed by atoms with Gasteiger partial charge >= 0.3 is 0 Å². The van der Waals surface area contributed by atoms with Crippen LogP contribution in [0.4, 0.5) is 0 Å². The van der Waals surface area contributed by atoms with Crippen LogP contribution in [0.25, 0.3) is 0 Å². The van der Waals surface area contributed by atoms with Gasteiger partial charge in [0, 0.05) is 6.42 Å². The lowest BCUT2D eigenvalue weighted by Crippen LogP contribution is -2.62. The van der Waals surface area contributed by atoms with Gasteiger partial charge in [-0.1, -0.05) is 34.1 Å². The zero-order valence-electron chi connectivity index (χ0n) is 20.1. The van der Waals surface area contributed by atoms with E-state index in [1.165, 1.54) is 25.7 Å². The number of hydrogen-bond acceptors (Lipinski definition) is 3. The fourth-order valence-corrected chi connectivity index (χ4v) is 9.56. The van der Waals surface area contributed by atoms with Crippen molar-refractivity contribution in [3.63, 3.8) is 0 Å². The molecule has 0 saturated heterocycles. The summed E-state index contributed by atoms with van der Waals surface area (Å²) in [5.41, 5.74) is 0.595. The Morgan fingerprint density at radius 2 is 1.67 bits per heavy atom. The first kappa shape index (κ1) is 22.8. The van der Waals surface area contributed by atoms with Crippen LogP contribution in [0.3, 0.4) is 0 Å². The predicted octanol–water partition coefficient (Wildman–Crippen LogP) is 5.62. The summed E-state index contributed by atoms with van der Waals surface area (Å²) in [6, 6.07) is 0. The molecule has 11 atom stereocenters. The van der Waals surface area contributed by atoms with E-state index in [2.05, 4.69) is 27.7 Å². The Morgan fingerprint density at radius 1 is 1.00 bits per heavy atom. The largest absolute Gasteiger partial charge is 0.393 e. The number of rotatable bonds is 5. The van der Waals surface area contributed by atoms with E-state index in [0.29, 0.717) is 59.0 Å². The van der Waals surface area contributed by atoms with Gasteiger partial charge in [0.05, 0.1) is 12.2 Å². The zero-order chi connectivity index (χ0) is 21.8. The second-order valence-corrected chi connectivity index (χ2v) is 12.3. The van der Waals surface area contributed by atoms with Gasteiger partial charge in [0.15, 0.2) is 0 Å². The smallest absolute Gasteiger partial charge is 0.129 e. The number of fused-ring (bicyclic) bond motifs is 5. The Balaban J connectivity index is 1.61. The number of ketones is 1. The minimum Gasteiger partial charge on any atom is -0.393 e. The van der Waals surface area contributed by atoms with Gasteiger partial charge in [-0.2, -0.15) is 0 Å². The van der Waals surface area contributed by atoms with Crippen LogP contribution in [0.5, 0.6) is 0 Å². The maximum absolute atomic E-state index is 11.7. The lowest BCUT2D eigenvalue weighted by molar-refractivity contribution is -0.203. The van der Waals surface area contributed by atoms with E-state index in [4.69, 9.17) is 0 Å². The average molecular weight is 419 g/mol. The van der Waals surface area contributed by atoms with Crippen molar-refractivity contribution in [1.82, 2.24) is 0 Å². The van der Waals surface area contributed by atoms with Gasteiger partial charge in [-0.05, 0) is 111 Å². The number of carbonyl (C=O) groups excluding carboxylic acids is 1. The SMILES string of the molecule is CC[C@H]1[C@@H](O)C2C3CC[C@H]([C@H](C)CCC(C)=O)[C@@]3(C)CCC2[C@@]2(C)CC[C@@H](O)C[C@@H]12. The highest BCUT2D eigenvalue weighted by molar-refractivity contribution is 5.75. The van der Waals surface area contributed by atoms with Crippen LogP contribution < -0.4 is 0 Å². The normalized spacial score (nSPS) is 51.6. The number of Topliss-reactive ketones (excluding diaryl/α,β-unsaturated/α-hetero) is 1. The quantitative estimate of drug-likeness (QED) is 0.609. The van der Waals surface area contributed by atoms with Gasteiger partial charge in [-0.25, -0.2) is 0 Å². The number of carbonyl (C=O) groups is 1. The van der Waals surface area contributed by atoms with Crippen molar-refractivity contribution in [2.24, 2.45) is 52.3 Å². The van der Waals surface area contributed by atoms with Crippen molar-refractivity contribution in [3.8, 4) is 0 Å². The van der Waals surface area contributed by atoms with Crippen molar-refractivity contribution in [1.29, 1.82) is 0 Å². The predicted molar refractivity (Wildman–Crippen MR) is 121 cm³/mol. The summed E-state index contributed by atoms with van der Waals surface area (Å²) in [5.74, 6) is 4.06. The van der Waals surface area contributed by atoms with E-state index in [1.54, 1.807) is 6.92 Å². The fraction of sp³-hybridized carbons (Fsp3) is 0.963. The van der Waals surface area contributed by atoms with E-state index in [0.717, 1.165) is 32.1 Å². The van der Waals surface area contributed by atoms with Crippen LogP contribution in [0, 0.1) is 52.3 Å². The Morgan fingerprint density at radius 3 is 2.33 bits per heavy atom. The first-order valence-corrected chi connectivity index (χ1v) is 13.0. The van der Waals surface area contributed by atoms with E-state index >= 15 is 0 Å². The molecule has 4 rings (SSSR count). The van der Waals surface area contributed by atoms with E-state index in [-0.39, 0.29) is 17.6 Å². The third-order valence-electron chi connectivity index (χ3n) is 11.1. The van der Waals surface area contributed by atoms with Crippen LogP contribution in [0.1, 0.15) is 98.8 Å². The molecule has 4 aliphatic rings. The minimum atomic E-state index is -0.209. The Bertz CT molecular complexity index is 646. The zero-order valence-corrected chi connectivity index (χ0v) is 20.1. The molecule has 0 spiro atoms. The van der Waals surface area contributed by atoms with Gasteiger partial charge in [-0.3, -0.25) is 0 Å². The first-order chi connectivity index (χ1) is 14.1. The molecular formula is C27H46O3. The summed E-state index contributed by atoms with van der Waals surface area (Å²) in [5, 5.41) is 22.2. The number of hydrogen-bond donors (Lipinski definition) is 2. The van der Waals surface area contributed by atoms with Gasteiger partial charge in [0.2, 0.25) is 0 Å². The van der Waals surface area contributed by atoms with Gasteiger partial charge in [0.25, 0.3) is 0 Å². The van der Waals surface area contributed by atoms with Gasteiger partial charge < -0.3 is 15.0 Å². The summed E-state index contributed by atoms with van der Waals surface area (Å²) in [6.07, 6.45) is 10.4. The van der Waals surface area contributed by atoms with E-state index in [9.17, 15) is 15.0 Å². The lowest BCUT2D eigenvalue weighted by Gasteiger charge is -2.64. The van der Waals surface area contributed by atoms with E-state index in [1.807, 2.05) is 0 Å². The molecule has 0 amide bonds. The molecule has 4 fully saturated rings. The van der Waals surface area contributed by atoms with Crippen molar-refractivity contribution in [2.75, 3.05) is 0 Å². The minimum absolute atomic E-state index is 0.173. The molecule has 0 aromatic rings. The van der Waals surface area contributed by atoms with Gasteiger partial charge in [0.1, 0.15) is 5.78 Å². The standard InChI is InChI=1S/C27H46O3/c1-6-19-23-15-18(29)11-13-27(23,5)22-12-14-26(4)20(16(2)7-8-17(3)28)9-10-21(26)24(22)25(19)30/h16,18-25,29-30H,6-15H2,1-5H3/t16-,18-,19-,20-,21?,22?,23+,24?,25-,26-,27-/m1/s1. The molecule has 0 radical (unpaired) electrons. The fourth-order valence-electron chi connectivity index (χ4n) is 9.56. The Hall–Kier alpha value is -0.410. The van der Waals surface area contributed by atoms with E-state index < -0.39 is 0 Å². The molecule has 3 nitrogen and oxygen atoms in total. The highest BCUT2D eigenvalue weighted by Gasteiger charge is 2.64. The molecule has 0 bridgehead atoms. The molecule has 3 heteroatoms. The van der Waals surface area contributed by atoms with Crippen LogP contribution in [-0.2, 0) is 4.79 Å². The highest BCUT2D eigenvalue weighted by atomic mass is 16.3. The molecule has 4 saturated carbocycles. The molecule has 0 aromatic carbocycles. The summed E-state index contributed by atoms with van der Waals surface area (Å²) in [4.78, 5) is 11.6. The third kappa shape index (κ3) is 3.41. The van der Waals surface area contributed by atoms with Crippen molar-refractivity contribution >= 4 is 5.78 Å². The summed E-state index contributed by atoms with van der Waals surface area (Å²) in [6.45, 7) is 11.4. The molecule has 30 heavy (non-hydrogen) atoms. The second kappa shape index (κ2) is 8.18. The maximum Gasteiger partial charge on any atom is 0.129 e. The maximum atomic E-state index is 11.7. The summed E-state index contributed by atoms with van der Waals surface area (Å²) in [7, 11) is 0. The second-order valence-electron chi connectivity index (χ2n) is 12.3. The van der Waals surface area contributed by atoms with Crippen molar-refractivity contribution < 1.29 is 15.0 Å².